The highest BCUT2D eigenvalue weighted by Gasteiger charge is 2.13. The van der Waals surface area contributed by atoms with E-state index in [2.05, 4.69) is 20.9 Å². The van der Waals surface area contributed by atoms with E-state index in [4.69, 9.17) is 11.6 Å². The topological polar surface area (TPSA) is 55.1 Å². The summed E-state index contributed by atoms with van der Waals surface area (Å²) in [5.41, 5.74) is 1.53. The number of halogens is 2. The van der Waals surface area contributed by atoms with E-state index >= 15 is 0 Å². The second kappa shape index (κ2) is 7.62. The van der Waals surface area contributed by atoms with Crippen LogP contribution in [0, 0.1) is 0 Å². The minimum absolute atomic E-state index is 0.131. The van der Waals surface area contributed by atoms with Crippen molar-refractivity contribution in [2.45, 2.75) is 0 Å². The number of hydrogen-bond acceptors (Lipinski definition) is 3. The number of fused-ring (bicyclic) bond motifs is 1. The number of para-hydroxylation sites is 2. The van der Waals surface area contributed by atoms with Gasteiger partial charge in [-0.3, -0.25) is 9.36 Å². The zero-order valence-electron chi connectivity index (χ0n) is 14.5. The van der Waals surface area contributed by atoms with E-state index in [0.29, 0.717) is 33.0 Å². The minimum Gasteiger partial charge on any atom is -0.507 e. The molecule has 0 radical (unpaired) electrons. The molecule has 0 aliphatic heterocycles. The molecule has 0 saturated heterocycles. The lowest BCUT2D eigenvalue weighted by atomic mass is 10.2. The largest absolute Gasteiger partial charge is 0.507 e. The lowest BCUT2D eigenvalue weighted by molar-refractivity contribution is 0.474. The van der Waals surface area contributed by atoms with Gasteiger partial charge < -0.3 is 5.11 Å². The standard InChI is InChI=1S/C22H14BrClN2O2/c23-15-10-11-20(27)14(13-15)9-12-21-25-18-7-3-1-5-16(18)22(28)26(21)19-8-4-2-6-17(19)24/h1-13,27H/b12-9-. The first-order chi connectivity index (χ1) is 13.5. The second-order valence-electron chi connectivity index (χ2n) is 6.12. The number of nitrogens with zero attached hydrogens (tertiary/aromatic N) is 2. The van der Waals surface area contributed by atoms with Crippen molar-refractivity contribution in [1.29, 1.82) is 0 Å². The van der Waals surface area contributed by atoms with Gasteiger partial charge in [0.15, 0.2) is 0 Å². The molecule has 0 unspecified atom stereocenters. The molecule has 4 nitrogen and oxygen atoms in total. The van der Waals surface area contributed by atoms with Crippen LogP contribution in [0.5, 0.6) is 5.75 Å². The van der Waals surface area contributed by atoms with E-state index in [0.717, 1.165) is 4.47 Å². The lowest BCUT2D eigenvalue weighted by Crippen LogP contribution is -2.22. The normalized spacial score (nSPS) is 11.4. The van der Waals surface area contributed by atoms with Crippen molar-refractivity contribution in [2.24, 2.45) is 0 Å². The van der Waals surface area contributed by atoms with E-state index < -0.39 is 0 Å². The highest BCUT2D eigenvalue weighted by molar-refractivity contribution is 9.10. The fraction of sp³-hybridized carbons (Fsp3) is 0. The van der Waals surface area contributed by atoms with Crippen LogP contribution < -0.4 is 5.56 Å². The van der Waals surface area contributed by atoms with Crippen molar-refractivity contribution in [2.75, 3.05) is 0 Å². The first-order valence-corrected chi connectivity index (χ1v) is 9.65. The van der Waals surface area contributed by atoms with Gasteiger partial charge in [0, 0.05) is 10.0 Å². The van der Waals surface area contributed by atoms with Gasteiger partial charge in [-0.1, -0.05) is 51.8 Å². The quantitative estimate of drug-likeness (QED) is 0.434. The van der Waals surface area contributed by atoms with Gasteiger partial charge in [-0.25, -0.2) is 4.98 Å². The molecule has 28 heavy (non-hydrogen) atoms. The second-order valence-corrected chi connectivity index (χ2v) is 7.44. The van der Waals surface area contributed by atoms with Gasteiger partial charge in [0.25, 0.3) is 5.56 Å². The SMILES string of the molecule is O=c1c2ccccc2nc(/C=C\c2cc(Br)ccc2O)n1-c1ccccc1Cl. The first-order valence-electron chi connectivity index (χ1n) is 8.48. The minimum atomic E-state index is -0.211. The van der Waals surface area contributed by atoms with Crippen LogP contribution in [0.2, 0.25) is 5.02 Å². The van der Waals surface area contributed by atoms with Gasteiger partial charge in [0.2, 0.25) is 0 Å². The molecule has 0 spiro atoms. The smallest absolute Gasteiger partial charge is 0.266 e. The molecule has 0 aliphatic carbocycles. The van der Waals surface area contributed by atoms with Gasteiger partial charge in [0.05, 0.1) is 21.6 Å². The fourth-order valence-electron chi connectivity index (χ4n) is 2.95. The van der Waals surface area contributed by atoms with Gasteiger partial charge in [-0.2, -0.15) is 0 Å². The zero-order valence-corrected chi connectivity index (χ0v) is 16.9. The molecule has 0 amide bonds. The molecule has 138 valence electrons. The van der Waals surface area contributed by atoms with Crippen LogP contribution in [0.4, 0.5) is 0 Å². The third kappa shape index (κ3) is 3.46. The Balaban J connectivity index is 1.98. The highest BCUT2D eigenvalue weighted by atomic mass is 79.9. The molecule has 4 aromatic rings. The summed E-state index contributed by atoms with van der Waals surface area (Å²) in [6.45, 7) is 0. The Labute approximate surface area is 174 Å². The predicted molar refractivity (Wildman–Crippen MR) is 117 cm³/mol. The Bertz CT molecular complexity index is 1280. The summed E-state index contributed by atoms with van der Waals surface area (Å²) >= 11 is 9.75. The van der Waals surface area contributed by atoms with Crippen LogP contribution in [0.3, 0.4) is 0 Å². The Hall–Kier alpha value is -2.89. The summed E-state index contributed by atoms with van der Waals surface area (Å²) in [5.74, 6) is 0.544. The summed E-state index contributed by atoms with van der Waals surface area (Å²) < 4.78 is 2.32. The van der Waals surface area contributed by atoms with E-state index in [9.17, 15) is 9.90 Å². The van der Waals surface area contributed by atoms with Crippen molar-refractivity contribution >= 4 is 50.6 Å². The van der Waals surface area contributed by atoms with E-state index in [1.54, 1.807) is 66.7 Å². The molecular formula is C22H14BrClN2O2. The monoisotopic (exact) mass is 452 g/mol. The van der Waals surface area contributed by atoms with Crippen molar-refractivity contribution < 1.29 is 5.11 Å². The zero-order chi connectivity index (χ0) is 19.7. The van der Waals surface area contributed by atoms with Crippen molar-refractivity contribution in [1.82, 2.24) is 9.55 Å². The van der Waals surface area contributed by atoms with E-state index in [1.165, 1.54) is 4.57 Å². The third-order valence-electron chi connectivity index (χ3n) is 4.30. The Kier molecular flexibility index (Phi) is 5.03. The maximum atomic E-state index is 13.2. The molecule has 1 heterocycles. The fourth-order valence-corrected chi connectivity index (χ4v) is 3.55. The van der Waals surface area contributed by atoms with Gasteiger partial charge in [-0.05, 0) is 54.6 Å². The van der Waals surface area contributed by atoms with Gasteiger partial charge in [0.1, 0.15) is 11.6 Å². The Morgan fingerprint density at radius 1 is 1.00 bits per heavy atom. The number of phenolic OH excluding ortho intramolecular Hbond substituents is 1. The molecule has 0 saturated carbocycles. The number of phenols is 1. The Morgan fingerprint density at radius 3 is 2.57 bits per heavy atom. The molecule has 6 heteroatoms. The Morgan fingerprint density at radius 2 is 1.75 bits per heavy atom. The third-order valence-corrected chi connectivity index (χ3v) is 5.11. The van der Waals surface area contributed by atoms with Gasteiger partial charge in [-0.15, -0.1) is 0 Å². The molecule has 0 fully saturated rings. The molecule has 0 atom stereocenters. The van der Waals surface area contributed by atoms with Crippen LogP contribution in [0.1, 0.15) is 11.4 Å². The van der Waals surface area contributed by atoms with Crippen LogP contribution in [-0.2, 0) is 0 Å². The molecule has 0 bridgehead atoms. The lowest BCUT2D eigenvalue weighted by Gasteiger charge is -2.12. The number of aromatic nitrogens is 2. The highest BCUT2D eigenvalue weighted by Crippen LogP contribution is 2.25. The summed E-state index contributed by atoms with van der Waals surface area (Å²) in [6, 6.07) is 19.4. The summed E-state index contributed by atoms with van der Waals surface area (Å²) in [5, 5.41) is 11.0. The van der Waals surface area contributed by atoms with Crippen molar-refractivity contribution in [3.05, 3.63) is 98.0 Å². The maximum Gasteiger partial charge on any atom is 0.266 e. The van der Waals surface area contributed by atoms with Crippen molar-refractivity contribution in [3.8, 4) is 11.4 Å². The predicted octanol–water partition coefficient (Wildman–Crippen LogP) is 5.68. The first kappa shape index (κ1) is 18.5. The van der Waals surface area contributed by atoms with Crippen molar-refractivity contribution in [3.63, 3.8) is 0 Å². The van der Waals surface area contributed by atoms with Crippen LogP contribution >= 0.6 is 27.5 Å². The molecule has 0 aliphatic rings. The molecule has 1 N–H and O–H groups in total. The van der Waals surface area contributed by atoms with Crippen LogP contribution in [0.15, 0.2) is 76.0 Å². The number of hydrogen-bond donors (Lipinski definition) is 1. The molecule has 4 rings (SSSR count). The number of rotatable bonds is 3. The average Bonchev–Trinajstić information content (AvgIpc) is 2.70. The molecule has 3 aromatic carbocycles. The van der Waals surface area contributed by atoms with Gasteiger partial charge >= 0.3 is 0 Å². The number of aromatic hydroxyl groups is 1. The number of benzene rings is 3. The summed E-state index contributed by atoms with van der Waals surface area (Å²) in [4.78, 5) is 17.9. The maximum absolute atomic E-state index is 13.2. The van der Waals surface area contributed by atoms with Crippen LogP contribution in [-0.4, -0.2) is 14.7 Å². The average molecular weight is 454 g/mol. The van der Waals surface area contributed by atoms with E-state index in [-0.39, 0.29) is 11.3 Å². The molecular weight excluding hydrogens is 440 g/mol. The molecule has 1 aromatic heterocycles. The summed E-state index contributed by atoms with van der Waals surface area (Å²) in [6.07, 6.45) is 3.41. The van der Waals surface area contributed by atoms with Crippen LogP contribution in [0.25, 0.3) is 28.7 Å². The van der Waals surface area contributed by atoms with E-state index in [1.807, 2.05) is 12.1 Å². The summed E-state index contributed by atoms with van der Waals surface area (Å²) in [7, 11) is 0.